The lowest BCUT2D eigenvalue weighted by Gasteiger charge is -2.27. The number of carbonyl (C=O) groups is 2. The number of ether oxygens (including phenoxy) is 1. The lowest BCUT2D eigenvalue weighted by Crippen LogP contribution is -2.45. The minimum atomic E-state index is -0.600. The molecule has 16 heavy (non-hydrogen) atoms. The summed E-state index contributed by atoms with van der Waals surface area (Å²) in [5, 5.41) is -0.0231. The van der Waals surface area contributed by atoms with Crippen molar-refractivity contribution < 1.29 is 14.3 Å². The van der Waals surface area contributed by atoms with Gasteiger partial charge >= 0.3 is 6.09 Å². The molecule has 0 aromatic carbocycles. The maximum atomic E-state index is 11.8. The van der Waals surface area contributed by atoms with Crippen LogP contribution in [0.3, 0.4) is 0 Å². The van der Waals surface area contributed by atoms with Crippen LogP contribution >= 0.6 is 12.6 Å². The molecular formula is C10H18N2O3S. The van der Waals surface area contributed by atoms with Crippen LogP contribution < -0.4 is 5.73 Å². The first-order chi connectivity index (χ1) is 7.20. The van der Waals surface area contributed by atoms with Gasteiger partial charge in [0.25, 0.3) is 0 Å². The molecule has 0 aromatic heterocycles. The topological polar surface area (TPSA) is 72.6 Å². The zero-order chi connectivity index (χ0) is 12.5. The van der Waals surface area contributed by atoms with E-state index in [0.717, 1.165) is 0 Å². The number of primary amides is 1. The predicted molar refractivity (Wildman–Crippen MR) is 63.3 cm³/mol. The van der Waals surface area contributed by atoms with Crippen molar-refractivity contribution in [1.29, 1.82) is 0 Å². The molecule has 6 heteroatoms. The average Bonchev–Trinajstić information content (AvgIpc) is 2.44. The molecule has 2 amide bonds. The highest BCUT2D eigenvalue weighted by Crippen LogP contribution is 2.23. The molecule has 0 radical (unpaired) electrons. The second kappa shape index (κ2) is 4.53. The lowest BCUT2D eigenvalue weighted by atomic mass is 10.2. The monoisotopic (exact) mass is 246 g/mol. The number of nitrogens with two attached hydrogens (primary N) is 1. The summed E-state index contributed by atoms with van der Waals surface area (Å²) in [4.78, 5) is 24.3. The molecule has 1 aliphatic heterocycles. The van der Waals surface area contributed by atoms with Crippen molar-refractivity contribution in [1.82, 2.24) is 4.90 Å². The molecule has 1 fully saturated rings. The van der Waals surface area contributed by atoms with Crippen LogP contribution in [0.4, 0.5) is 4.79 Å². The average molecular weight is 246 g/mol. The standard InChI is InChI=1S/C10H18N2O3S/c1-10(2,3)15-9(14)12-5-6(16)4-7(12)8(11)13/h6-7,16H,4-5H2,1-3H3,(H2,11,13)/t6-,7-/m0/s1. The Bertz CT molecular complexity index is 301. The van der Waals surface area contributed by atoms with E-state index in [1.54, 1.807) is 20.8 Å². The molecule has 0 unspecified atom stereocenters. The maximum Gasteiger partial charge on any atom is 0.411 e. The van der Waals surface area contributed by atoms with Crippen molar-refractivity contribution in [2.75, 3.05) is 6.54 Å². The van der Waals surface area contributed by atoms with Gasteiger partial charge in [-0.15, -0.1) is 0 Å². The third-order valence-corrected chi connectivity index (χ3v) is 2.61. The highest BCUT2D eigenvalue weighted by Gasteiger charge is 2.39. The normalized spacial score (nSPS) is 25.6. The van der Waals surface area contributed by atoms with Gasteiger partial charge in [-0.3, -0.25) is 9.69 Å². The number of rotatable bonds is 1. The van der Waals surface area contributed by atoms with Gasteiger partial charge in [0.2, 0.25) is 5.91 Å². The molecule has 92 valence electrons. The van der Waals surface area contributed by atoms with Crippen LogP contribution in [-0.4, -0.2) is 40.3 Å². The molecule has 5 nitrogen and oxygen atoms in total. The van der Waals surface area contributed by atoms with E-state index in [0.29, 0.717) is 13.0 Å². The molecule has 0 bridgehead atoms. The third kappa shape index (κ3) is 3.30. The Kier molecular flexibility index (Phi) is 3.72. The van der Waals surface area contributed by atoms with E-state index in [1.165, 1.54) is 4.90 Å². The van der Waals surface area contributed by atoms with Crippen LogP contribution in [0.25, 0.3) is 0 Å². The number of nitrogens with zero attached hydrogens (tertiary/aromatic N) is 1. The first-order valence-corrected chi connectivity index (χ1v) is 5.69. The zero-order valence-corrected chi connectivity index (χ0v) is 10.7. The second-order valence-corrected chi connectivity index (χ2v) is 5.67. The molecule has 0 spiro atoms. The van der Waals surface area contributed by atoms with Gasteiger partial charge in [-0.2, -0.15) is 12.6 Å². The summed E-state index contributed by atoms with van der Waals surface area (Å²) in [5.41, 5.74) is 4.65. The van der Waals surface area contributed by atoms with E-state index in [9.17, 15) is 9.59 Å². The molecule has 0 saturated carbocycles. The number of amides is 2. The Hall–Kier alpha value is -0.910. The Morgan fingerprint density at radius 3 is 2.44 bits per heavy atom. The van der Waals surface area contributed by atoms with Crippen molar-refractivity contribution in [2.45, 2.75) is 44.1 Å². The van der Waals surface area contributed by atoms with Crippen LogP contribution in [0.15, 0.2) is 0 Å². The van der Waals surface area contributed by atoms with Gasteiger partial charge in [0.15, 0.2) is 0 Å². The van der Waals surface area contributed by atoms with Crippen molar-refractivity contribution >= 4 is 24.6 Å². The van der Waals surface area contributed by atoms with Crippen LogP contribution in [-0.2, 0) is 9.53 Å². The van der Waals surface area contributed by atoms with Gasteiger partial charge in [0.05, 0.1) is 0 Å². The van der Waals surface area contributed by atoms with Gasteiger partial charge < -0.3 is 10.5 Å². The minimum absolute atomic E-state index is 0.0231. The summed E-state index contributed by atoms with van der Waals surface area (Å²) in [7, 11) is 0. The minimum Gasteiger partial charge on any atom is -0.444 e. The third-order valence-electron chi connectivity index (χ3n) is 2.24. The van der Waals surface area contributed by atoms with E-state index < -0.39 is 23.6 Å². The molecule has 0 aromatic rings. The molecule has 1 aliphatic rings. The lowest BCUT2D eigenvalue weighted by molar-refractivity contribution is -0.122. The van der Waals surface area contributed by atoms with Crippen molar-refractivity contribution in [3.05, 3.63) is 0 Å². The quantitative estimate of drug-likeness (QED) is 0.672. The van der Waals surface area contributed by atoms with Gasteiger partial charge in [-0.25, -0.2) is 4.79 Å². The number of hydrogen-bond donors (Lipinski definition) is 2. The predicted octanol–water partition coefficient (Wildman–Crippen LogP) is 0.780. The molecule has 2 N–H and O–H groups in total. The first-order valence-electron chi connectivity index (χ1n) is 5.17. The van der Waals surface area contributed by atoms with Crippen molar-refractivity contribution in [3.63, 3.8) is 0 Å². The van der Waals surface area contributed by atoms with E-state index in [2.05, 4.69) is 12.6 Å². The number of carbonyl (C=O) groups excluding carboxylic acids is 2. The smallest absolute Gasteiger partial charge is 0.411 e. The van der Waals surface area contributed by atoms with Crippen LogP contribution in [0, 0.1) is 0 Å². The summed E-state index contributed by atoms with van der Waals surface area (Å²) in [6.45, 7) is 5.72. The van der Waals surface area contributed by atoms with Crippen molar-refractivity contribution in [2.24, 2.45) is 5.73 Å². The largest absolute Gasteiger partial charge is 0.444 e. The van der Waals surface area contributed by atoms with E-state index in [-0.39, 0.29) is 5.25 Å². The van der Waals surface area contributed by atoms with Gasteiger partial charge in [0.1, 0.15) is 11.6 Å². The van der Waals surface area contributed by atoms with Crippen LogP contribution in [0.1, 0.15) is 27.2 Å². The summed E-state index contributed by atoms with van der Waals surface area (Å²) in [6, 6.07) is -0.600. The Morgan fingerprint density at radius 2 is 2.00 bits per heavy atom. The number of thiol groups is 1. The highest BCUT2D eigenvalue weighted by molar-refractivity contribution is 7.81. The molecule has 2 atom stereocenters. The van der Waals surface area contributed by atoms with Gasteiger partial charge in [-0.05, 0) is 27.2 Å². The van der Waals surface area contributed by atoms with Crippen LogP contribution in [0.2, 0.25) is 0 Å². The highest BCUT2D eigenvalue weighted by atomic mass is 32.1. The molecule has 1 heterocycles. The van der Waals surface area contributed by atoms with Crippen molar-refractivity contribution in [3.8, 4) is 0 Å². The fourth-order valence-electron chi connectivity index (χ4n) is 1.61. The van der Waals surface area contributed by atoms with E-state index >= 15 is 0 Å². The van der Waals surface area contributed by atoms with Crippen LogP contribution in [0.5, 0.6) is 0 Å². The number of hydrogen-bond acceptors (Lipinski definition) is 4. The second-order valence-electron chi connectivity index (χ2n) is 4.94. The van der Waals surface area contributed by atoms with E-state index in [4.69, 9.17) is 10.5 Å². The Morgan fingerprint density at radius 1 is 1.44 bits per heavy atom. The first kappa shape index (κ1) is 13.2. The maximum absolute atomic E-state index is 11.8. The fourth-order valence-corrected chi connectivity index (χ4v) is 1.98. The summed E-state index contributed by atoms with van der Waals surface area (Å²) >= 11 is 4.25. The summed E-state index contributed by atoms with van der Waals surface area (Å²) in [6.07, 6.45) is -0.0228. The summed E-state index contributed by atoms with van der Waals surface area (Å²) in [5.74, 6) is -0.512. The molecule has 1 saturated heterocycles. The number of likely N-dealkylation sites (tertiary alicyclic amines) is 1. The molecule has 1 rings (SSSR count). The Balaban J connectivity index is 2.71. The van der Waals surface area contributed by atoms with Gasteiger partial charge in [0, 0.05) is 11.8 Å². The Labute approximate surface area is 101 Å². The summed E-state index contributed by atoms with van der Waals surface area (Å²) < 4.78 is 5.20. The zero-order valence-electron chi connectivity index (χ0n) is 9.77. The fraction of sp³-hybridized carbons (Fsp3) is 0.800. The molecule has 0 aliphatic carbocycles. The van der Waals surface area contributed by atoms with E-state index in [1.807, 2.05) is 0 Å². The SMILES string of the molecule is CC(C)(C)OC(=O)N1C[C@@H](S)C[C@H]1C(N)=O. The molecular weight excluding hydrogens is 228 g/mol. The van der Waals surface area contributed by atoms with Gasteiger partial charge in [-0.1, -0.05) is 0 Å².